The summed E-state index contributed by atoms with van der Waals surface area (Å²) in [5, 5.41) is 0. The predicted molar refractivity (Wildman–Crippen MR) is 104 cm³/mol. The Labute approximate surface area is 163 Å². The van der Waals surface area contributed by atoms with E-state index < -0.39 is 5.82 Å². The number of likely N-dealkylation sites (tertiary alicyclic amines) is 1. The molecule has 0 aliphatic carbocycles. The first-order valence-corrected chi connectivity index (χ1v) is 9.87. The first-order chi connectivity index (χ1) is 13.5. The lowest BCUT2D eigenvalue weighted by Gasteiger charge is -2.31. The van der Waals surface area contributed by atoms with E-state index in [-0.39, 0.29) is 23.1 Å². The third-order valence-corrected chi connectivity index (χ3v) is 5.78. The highest BCUT2D eigenvalue weighted by Gasteiger charge is 2.34. The number of hydrogen-bond donors (Lipinski definition) is 1. The highest BCUT2D eigenvalue weighted by Crippen LogP contribution is 2.32. The zero-order valence-electron chi connectivity index (χ0n) is 16.2. The molecule has 1 saturated heterocycles. The number of carbonyl (C=O) groups is 1. The van der Waals surface area contributed by atoms with Gasteiger partial charge < -0.3 is 9.88 Å². The minimum absolute atomic E-state index is 0.0577. The topological polar surface area (TPSA) is 69.3 Å². The van der Waals surface area contributed by atoms with Crippen molar-refractivity contribution in [2.45, 2.75) is 51.7 Å². The Hall–Kier alpha value is -2.54. The minimum Gasteiger partial charge on any atom is -0.328 e. The first kappa shape index (κ1) is 18.8. The summed E-state index contributed by atoms with van der Waals surface area (Å²) in [5.74, 6) is -0.366. The standard InChI is InChI=1S/C21H25FN4O2/c1-13(2)25-11-9-17-15(12-25)20(27)24-19(23-17)18-8-5-10-26(18)21(28)14-6-3-4-7-16(14)22/h3-4,6-7,13,18H,5,8-12H2,1-2H3,(H,23,24,27)/t18-/m0/s1. The Bertz CT molecular complexity index is 956. The van der Waals surface area contributed by atoms with E-state index in [1.807, 2.05) is 0 Å². The number of rotatable bonds is 3. The van der Waals surface area contributed by atoms with Crippen LogP contribution in [0.15, 0.2) is 29.1 Å². The van der Waals surface area contributed by atoms with Gasteiger partial charge in [-0.2, -0.15) is 0 Å². The summed E-state index contributed by atoms with van der Waals surface area (Å²) in [6.45, 7) is 6.22. The van der Waals surface area contributed by atoms with Crippen molar-refractivity contribution in [1.29, 1.82) is 0 Å². The molecule has 148 valence electrons. The number of H-pyrrole nitrogens is 1. The van der Waals surface area contributed by atoms with E-state index in [4.69, 9.17) is 4.98 Å². The lowest BCUT2D eigenvalue weighted by atomic mass is 10.0. The van der Waals surface area contributed by atoms with Crippen LogP contribution in [0.4, 0.5) is 4.39 Å². The van der Waals surface area contributed by atoms with Crippen molar-refractivity contribution in [2.75, 3.05) is 13.1 Å². The molecule has 0 bridgehead atoms. The van der Waals surface area contributed by atoms with Gasteiger partial charge in [0.15, 0.2) is 0 Å². The lowest BCUT2D eigenvalue weighted by molar-refractivity contribution is 0.0724. The molecule has 28 heavy (non-hydrogen) atoms. The molecule has 2 aromatic rings. The fourth-order valence-corrected chi connectivity index (χ4v) is 4.15. The van der Waals surface area contributed by atoms with E-state index in [1.54, 1.807) is 17.0 Å². The lowest BCUT2D eigenvalue weighted by Crippen LogP contribution is -2.40. The van der Waals surface area contributed by atoms with E-state index in [0.717, 1.165) is 25.1 Å². The molecule has 1 aromatic carbocycles. The van der Waals surface area contributed by atoms with E-state index in [2.05, 4.69) is 23.7 Å². The number of benzene rings is 1. The maximum absolute atomic E-state index is 14.1. The molecule has 6 nitrogen and oxygen atoms in total. The second-order valence-corrected chi connectivity index (χ2v) is 7.83. The van der Waals surface area contributed by atoms with Gasteiger partial charge in [0.1, 0.15) is 11.6 Å². The van der Waals surface area contributed by atoms with Crippen molar-refractivity contribution in [3.8, 4) is 0 Å². The van der Waals surface area contributed by atoms with Crippen LogP contribution in [0.25, 0.3) is 0 Å². The summed E-state index contributed by atoms with van der Waals surface area (Å²) in [7, 11) is 0. The van der Waals surface area contributed by atoms with Crippen molar-refractivity contribution >= 4 is 5.91 Å². The van der Waals surface area contributed by atoms with Crippen molar-refractivity contribution in [3.63, 3.8) is 0 Å². The average Bonchev–Trinajstić information content (AvgIpc) is 3.17. The molecule has 4 rings (SSSR count). The van der Waals surface area contributed by atoms with Gasteiger partial charge in [-0.1, -0.05) is 12.1 Å². The van der Waals surface area contributed by atoms with Crippen LogP contribution < -0.4 is 5.56 Å². The third-order valence-electron chi connectivity index (χ3n) is 5.78. The molecule has 7 heteroatoms. The SMILES string of the molecule is CC(C)N1CCc2nc([C@@H]3CCCN3C(=O)c3ccccc3F)[nH]c(=O)c2C1. The third kappa shape index (κ3) is 3.35. The van der Waals surface area contributed by atoms with E-state index >= 15 is 0 Å². The maximum Gasteiger partial charge on any atom is 0.257 e. The number of aromatic amines is 1. The second kappa shape index (κ2) is 7.47. The Morgan fingerprint density at radius 1 is 1.29 bits per heavy atom. The zero-order chi connectivity index (χ0) is 19.8. The zero-order valence-corrected chi connectivity index (χ0v) is 16.2. The van der Waals surface area contributed by atoms with Gasteiger partial charge in [0, 0.05) is 32.1 Å². The van der Waals surface area contributed by atoms with Gasteiger partial charge in [0.25, 0.3) is 11.5 Å². The molecule has 1 atom stereocenters. The summed E-state index contributed by atoms with van der Waals surface area (Å²) in [6, 6.07) is 6.05. The average molecular weight is 384 g/mol. The van der Waals surface area contributed by atoms with E-state index in [1.165, 1.54) is 12.1 Å². The number of aromatic nitrogens is 2. The summed E-state index contributed by atoms with van der Waals surface area (Å²) in [4.78, 5) is 37.1. The van der Waals surface area contributed by atoms with Crippen LogP contribution in [0.2, 0.25) is 0 Å². The molecule has 1 aromatic heterocycles. The molecular weight excluding hydrogens is 359 g/mol. The van der Waals surface area contributed by atoms with Gasteiger partial charge in [-0.15, -0.1) is 0 Å². The van der Waals surface area contributed by atoms with Gasteiger partial charge in [-0.3, -0.25) is 14.5 Å². The highest BCUT2D eigenvalue weighted by atomic mass is 19.1. The molecule has 2 aliphatic rings. The van der Waals surface area contributed by atoms with Crippen LogP contribution in [0.5, 0.6) is 0 Å². The minimum atomic E-state index is -0.529. The molecule has 0 spiro atoms. The van der Waals surface area contributed by atoms with Crippen LogP contribution in [0.1, 0.15) is 60.2 Å². The molecule has 2 aliphatic heterocycles. The van der Waals surface area contributed by atoms with E-state index in [9.17, 15) is 14.0 Å². The summed E-state index contributed by atoms with van der Waals surface area (Å²) < 4.78 is 14.1. The van der Waals surface area contributed by atoms with Crippen LogP contribution in [0.3, 0.4) is 0 Å². The van der Waals surface area contributed by atoms with Crippen molar-refractivity contribution < 1.29 is 9.18 Å². The Kier molecular flexibility index (Phi) is 5.02. The molecular formula is C21H25FN4O2. The van der Waals surface area contributed by atoms with Crippen molar-refractivity contribution in [2.24, 2.45) is 0 Å². The normalized spacial score (nSPS) is 19.9. The van der Waals surface area contributed by atoms with Gasteiger partial charge in [-0.05, 0) is 38.8 Å². The summed E-state index contributed by atoms with van der Waals surface area (Å²) in [5.41, 5.74) is 1.47. The molecule has 1 fully saturated rings. The van der Waals surface area contributed by atoms with Crippen LogP contribution >= 0.6 is 0 Å². The monoisotopic (exact) mass is 384 g/mol. The summed E-state index contributed by atoms with van der Waals surface area (Å²) >= 11 is 0. The van der Waals surface area contributed by atoms with Gasteiger partial charge in [-0.25, -0.2) is 9.37 Å². The van der Waals surface area contributed by atoms with Gasteiger partial charge in [0.05, 0.1) is 22.9 Å². The summed E-state index contributed by atoms with van der Waals surface area (Å²) in [6.07, 6.45) is 2.23. The van der Waals surface area contributed by atoms with Gasteiger partial charge >= 0.3 is 0 Å². The second-order valence-electron chi connectivity index (χ2n) is 7.83. The van der Waals surface area contributed by atoms with Crippen molar-refractivity contribution in [3.05, 3.63) is 63.1 Å². The van der Waals surface area contributed by atoms with Crippen LogP contribution in [-0.2, 0) is 13.0 Å². The largest absolute Gasteiger partial charge is 0.328 e. The Morgan fingerprint density at radius 3 is 2.82 bits per heavy atom. The van der Waals surface area contributed by atoms with Crippen LogP contribution in [-0.4, -0.2) is 44.8 Å². The molecule has 0 saturated carbocycles. The van der Waals surface area contributed by atoms with Crippen molar-refractivity contribution in [1.82, 2.24) is 19.8 Å². The molecule has 0 unspecified atom stereocenters. The number of hydrogen-bond acceptors (Lipinski definition) is 4. The molecule has 1 N–H and O–H groups in total. The Balaban J connectivity index is 1.64. The smallest absolute Gasteiger partial charge is 0.257 e. The van der Waals surface area contributed by atoms with E-state index in [0.29, 0.717) is 36.9 Å². The number of fused-ring (bicyclic) bond motifs is 1. The highest BCUT2D eigenvalue weighted by molar-refractivity contribution is 5.94. The molecule has 3 heterocycles. The Morgan fingerprint density at radius 2 is 2.07 bits per heavy atom. The number of nitrogens with zero attached hydrogens (tertiary/aromatic N) is 3. The number of nitrogens with one attached hydrogen (secondary N) is 1. The number of amides is 1. The quantitative estimate of drug-likeness (QED) is 0.883. The fourth-order valence-electron chi connectivity index (χ4n) is 4.15. The molecule has 0 radical (unpaired) electrons. The number of halogens is 1. The molecule has 1 amide bonds. The number of carbonyl (C=O) groups excluding carboxylic acids is 1. The van der Waals surface area contributed by atoms with Gasteiger partial charge in [0.2, 0.25) is 0 Å². The first-order valence-electron chi connectivity index (χ1n) is 9.87. The predicted octanol–water partition coefficient (Wildman–Crippen LogP) is 2.65. The fraction of sp³-hybridized carbons (Fsp3) is 0.476. The van der Waals surface area contributed by atoms with Crippen LogP contribution in [0, 0.1) is 5.82 Å². The maximum atomic E-state index is 14.1.